The molecule has 1 aromatic heterocycles. The molecule has 0 aromatic carbocycles. The van der Waals surface area contributed by atoms with Crippen molar-refractivity contribution in [3.05, 3.63) is 21.9 Å². The van der Waals surface area contributed by atoms with Gasteiger partial charge in [-0.05, 0) is 45.5 Å². The van der Waals surface area contributed by atoms with Crippen LogP contribution in [0.1, 0.15) is 16.2 Å². The fraction of sp³-hybridized carbons (Fsp3) is 0.765. The first kappa shape index (κ1) is 16.4. The molecular formula is C17H28N2O2S. The molecule has 22 heavy (non-hydrogen) atoms. The summed E-state index contributed by atoms with van der Waals surface area (Å²) in [4.78, 5) is 7.60. The Morgan fingerprint density at radius 3 is 3.00 bits per heavy atom. The highest BCUT2D eigenvalue weighted by atomic mass is 32.1. The lowest BCUT2D eigenvalue weighted by Gasteiger charge is -2.31. The summed E-state index contributed by atoms with van der Waals surface area (Å²) in [6.07, 6.45) is 1.12. The molecule has 2 aliphatic heterocycles. The molecule has 0 aliphatic carbocycles. The summed E-state index contributed by atoms with van der Waals surface area (Å²) < 4.78 is 12.1. The van der Waals surface area contributed by atoms with E-state index in [9.17, 15) is 0 Å². The smallest absolute Gasteiger partial charge is 0.104 e. The molecular weight excluding hydrogens is 296 g/mol. The van der Waals surface area contributed by atoms with E-state index in [1.807, 2.05) is 11.3 Å². The number of ether oxygens (including phenoxy) is 2. The molecule has 2 atom stereocenters. The molecule has 5 heteroatoms. The van der Waals surface area contributed by atoms with E-state index >= 15 is 0 Å². The van der Waals surface area contributed by atoms with Crippen molar-refractivity contribution in [2.75, 3.05) is 53.6 Å². The van der Waals surface area contributed by atoms with Crippen LogP contribution in [0, 0.1) is 12.8 Å². The Morgan fingerprint density at radius 1 is 1.41 bits per heavy atom. The van der Waals surface area contributed by atoms with Crippen LogP contribution in [-0.4, -0.2) is 69.0 Å². The van der Waals surface area contributed by atoms with Crippen LogP contribution >= 0.6 is 11.3 Å². The van der Waals surface area contributed by atoms with Crippen LogP contribution in [0.4, 0.5) is 0 Å². The van der Waals surface area contributed by atoms with E-state index in [-0.39, 0.29) is 5.60 Å². The number of nitrogens with zero attached hydrogens (tertiary/aromatic N) is 2. The summed E-state index contributed by atoms with van der Waals surface area (Å²) in [5.74, 6) is 0.627. The van der Waals surface area contributed by atoms with E-state index < -0.39 is 0 Å². The van der Waals surface area contributed by atoms with Crippen LogP contribution in [-0.2, 0) is 16.0 Å². The molecule has 0 unspecified atom stereocenters. The fourth-order valence-corrected chi connectivity index (χ4v) is 4.63. The van der Waals surface area contributed by atoms with Crippen molar-refractivity contribution in [3.63, 3.8) is 0 Å². The Balaban J connectivity index is 1.62. The van der Waals surface area contributed by atoms with Gasteiger partial charge in [-0.15, -0.1) is 11.3 Å². The maximum absolute atomic E-state index is 6.26. The minimum atomic E-state index is -0.0938. The predicted molar refractivity (Wildman–Crippen MR) is 90.5 cm³/mol. The third-order valence-corrected chi connectivity index (χ3v) is 5.50. The molecule has 3 heterocycles. The van der Waals surface area contributed by atoms with Gasteiger partial charge in [0.2, 0.25) is 0 Å². The topological polar surface area (TPSA) is 24.9 Å². The van der Waals surface area contributed by atoms with E-state index in [1.54, 1.807) is 0 Å². The summed E-state index contributed by atoms with van der Waals surface area (Å²) in [5.41, 5.74) is -0.0938. The van der Waals surface area contributed by atoms with Gasteiger partial charge in [-0.2, -0.15) is 0 Å². The molecule has 2 fully saturated rings. The monoisotopic (exact) mass is 324 g/mol. The maximum atomic E-state index is 6.26. The SMILES string of the molecule is Cc1ccc(CN2CCOC[C@@]3(C[C@H](CN(C)C)CO3)C2)s1. The van der Waals surface area contributed by atoms with Crippen molar-refractivity contribution in [2.24, 2.45) is 5.92 Å². The molecule has 0 radical (unpaired) electrons. The highest BCUT2D eigenvalue weighted by molar-refractivity contribution is 7.11. The number of aryl methyl sites for hydroxylation is 1. The van der Waals surface area contributed by atoms with Crippen molar-refractivity contribution in [2.45, 2.75) is 25.5 Å². The maximum Gasteiger partial charge on any atom is 0.104 e. The van der Waals surface area contributed by atoms with E-state index in [0.29, 0.717) is 5.92 Å². The highest BCUT2D eigenvalue weighted by Crippen LogP contribution is 2.33. The molecule has 4 nitrogen and oxygen atoms in total. The third kappa shape index (κ3) is 4.09. The Labute approximate surface area is 138 Å². The molecule has 3 rings (SSSR count). The zero-order chi connectivity index (χ0) is 15.6. The van der Waals surface area contributed by atoms with Crippen molar-refractivity contribution >= 4 is 11.3 Å². The van der Waals surface area contributed by atoms with Crippen LogP contribution in [0.3, 0.4) is 0 Å². The Hall–Kier alpha value is -0.460. The normalized spacial score (nSPS) is 30.3. The molecule has 2 saturated heterocycles. The van der Waals surface area contributed by atoms with Gasteiger partial charge in [-0.25, -0.2) is 0 Å². The highest BCUT2D eigenvalue weighted by Gasteiger charge is 2.43. The van der Waals surface area contributed by atoms with Gasteiger partial charge in [-0.3, -0.25) is 4.90 Å². The number of hydrogen-bond acceptors (Lipinski definition) is 5. The van der Waals surface area contributed by atoms with E-state index in [0.717, 1.165) is 52.4 Å². The van der Waals surface area contributed by atoms with Crippen LogP contribution < -0.4 is 0 Å². The fourth-order valence-electron chi connectivity index (χ4n) is 3.69. The lowest BCUT2D eigenvalue weighted by atomic mass is 9.94. The molecule has 0 amide bonds. The molecule has 0 bridgehead atoms. The van der Waals surface area contributed by atoms with Gasteiger partial charge in [0, 0.05) is 35.9 Å². The molecule has 2 aliphatic rings. The second-order valence-corrected chi connectivity index (χ2v) is 8.47. The first-order valence-electron chi connectivity index (χ1n) is 8.19. The largest absolute Gasteiger partial charge is 0.377 e. The predicted octanol–water partition coefficient (Wildman–Crippen LogP) is 2.23. The Morgan fingerprint density at radius 2 is 2.27 bits per heavy atom. The first-order valence-corrected chi connectivity index (χ1v) is 9.00. The Bertz CT molecular complexity index is 491. The summed E-state index contributed by atoms with van der Waals surface area (Å²) in [6.45, 7) is 8.72. The van der Waals surface area contributed by atoms with Crippen LogP contribution in [0.2, 0.25) is 0 Å². The summed E-state index contributed by atoms with van der Waals surface area (Å²) >= 11 is 1.90. The van der Waals surface area contributed by atoms with E-state index in [1.165, 1.54) is 9.75 Å². The molecule has 0 saturated carbocycles. The van der Waals surface area contributed by atoms with Gasteiger partial charge in [0.15, 0.2) is 0 Å². The summed E-state index contributed by atoms with van der Waals surface area (Å²) in [7, 11) is 4.28. The molecule has 1 spiro atoms. The minimum absolute atomic E-state index is 0.0938. The number of hydrogen-bond donors (Lipinski definition) is 0. The molecule has 0 N–H and O–H groups in total. The average Bonchev–Trinajstić information content (AvgIpc) is 2.95. The summed E-state index contributed by atoms with van der Waals surface area (Å²) in [6, 6.07) is 4.46. The Kier molecular flexibility index (Phi) is 5.20. The summed E-state index contributed by atoms with van der Waals surface area (Å²) in [5, 5.41) is 0. The number of rotatable bonds is 4. The van der Waals surface area contributed by atoms with Crippen molar-refractivity contribution < 1.29 is 9.47 Å². The lowest BCUT2D eigenvalue weighted by molar-refractivity contribution is -0.0562. The van der Waals surface area contributed by atoms with Gasteiger partial charge in [0.1, 0.15) is 5.60 Å². The van der Waals surface area contributed by atoms with E-state index in [4.69, 9.17) is 9.47 Å². The lowest BCUT2D eigenvalue weighted by Crippen LogP contribution is -2.43. The van der Waals surface area contributed by atoms with Gasteiger partial charge >= 0.3 is 0 Å². The van der Waals surface area contributed by atoms with Crippen LogP contribution in [0.15, 0.2) is 12.1 Å². The van der Waals surface area contributed by atoms with Crippen LogP contribution in [0.25, 0.3) is 0 Å². The second kappa shape index (κ2) is 6.97. The minimum Gasteiger partial charge on any atom is -0.377 e. The van der Waals surface area contributed by atoms with Crippen molar-refractivity contribution in [1.29, 1.82) is 0 Å². The van der Waals surface area contributed by atoms with Crippen molar-refractivity contribution in [3.8, 4) is 0 Å². The average molecular weight is 324 g/mol. The standard InChI is InChI=1S/C17H28N2O2S/c1-14-4-5-16(22-14)10-19-6-7-20-13-17(12-19)8-15(11-21-17)9-18(2)3/h4-5,15H,6-13H2,1-3H3/t15-,17-/m1/s1. The van der Waals surface area contributed by atoms with Crippen LogP contribution in [0.5, 0.6) is 0 Å². The number of thiophene rings is 1. The first-order chi connectivity index (χ1) is 10.5. The van der Waals surface area contributed by atoms with E-state index in [2.05, 4.69) is 43.0 Å². The zero-order valence-corrected chi connectivity index (χ0v) is 14.8. The van der Waals surface area contributed by atoms with Gasteiger partial charge in [-0.1, -0.05) is 0 Å². The quantitative estimate of drug-likeness (QED) is 0.848. The second-order valence-electron chi connectivity index (χ2n) is 7.10. The van der Waals surface area contributed by atoms with Gasteiger partial charge in [0.05, 0.1) is 19.8 Å². The zero-order valence-electron chi connectivity index (χ0n) is 14.0. The van der Waals surface area contributed by atoms with Crippen molar-refractivity contribution in [1.82, 2.24) is 9.80 Å². The molecule has 1 aromatic rings. The van der Waals surface area contributed by atoms with Gasteiger partial charge < -0.3 is 14.4 Å². The molecule has 124 valence electrons. The van der Waals surface area contributed by atoms with Gasteiger partial charge in [0.25, 0.3) is 0 Å². The third-order valence-electron chi connectivity index (χ3n) is 4.51.